The minimum atomic E-state index is -0.0813. The smallest absolute Gasteiger partial charge is 0.259 e. The molecule has 0 saturated heterocycles. The lowest BCUT2D eigenvalue weighted by Gasteiger charge is -2.04. The first-order valence-corrected chi connectivity index (χ1v) is 9.65. The van der Waals surface area contributed by atoms with Crippen LogP contribution in [0.15, 0.2) is 57.5 Å². The molecule has 0 unspecified atom stereocenters. The van der Waals surface area contributed by atoms with E-state index >= 15 is 0 Å². The molecule has 1 amide bonds. The van der Waals surface area contributed by atoms with Crippen molar-refractivity contribution in [3.63, 3.8) is 0 Å². The monoisotopic (exact) mass is 437 g/mol. The van der Waals surface area contributed by atoms with E-state index in [2.05, 4.69) is 31.4 Å². The van der Waals surface area contributed by atoms with Crippen LogP contribution in [0.3, 0.4) is 0 Å². The molecular weight excluding hydrogens is 426 g/mol. The zero-order valence-electron chi connectivity index (χ0n) is 12.9. The van der Waals surface area contributed by atoms with Gasteiger partial charge in [0.05, 0.1) is 22.1 Å². The standard InChI is InChI=1S/C17H13BrClN3O2S/c18-11-5-7-12(8-6-11)20-16(23)10-25-9-15-21-17(24-22-15)13-3-1-2-4-14(13)19/h1-8H,9-10H2,(H,20,23). The fourth-order valence-electron chi connectivity index (χ4n) is 2.02. The van der Waals surface area contributed by atoms with Crippen LogP contribution in [0.2, 0.25) is 5.02 Å². The molecule has 0 spiro atoms. The van der Waals surface area contributed by atoms with Crippen molar-refractivity contribution >= 4 is 50.9 Å². The number of halogens is 2. The Morgan fingerprint density at radius 1 is 1.20 bits per heavy atom. The second-order valence-electron chi connectivity index (χ2n) is 5.04. The summed E-state index contributed by atoms with van der Waals surface area (Å²) in [5, 5.41) is 7.31. The van der Waals surface area contributed by atoms with E-state index in [9.17, 15) is 4.79 Å². The number of aromatic nitrogens is 2. The number of hydrogen-bond donors (Lipinski definition) is 1. The number of carbonyl (C=O) groups excluding carboxylic acids is 1. The van der Waals surface area contributed by atoms with Crippen molar-refractivity contribution in [2.45, 2.75) is 5.75 Å². The Morgan fingerprint density at radius 2 is 1.96 bits per heavy atom. The highest BCUT2D eigenvalue weighted by molar-refractivity contribution is 9.10. The lowest BCUT2D eigenvalue weighted by Crippen LogP contribution is -2.14. The van der Waals surface area contributed by atoms with Crippen molar-refractivity contribution < 1.29 is 9.32 Å². The van der Waals surface area contributed by atoms with Crippen LogP contribution in [0.25, 0.3) is 11.5 Å². The minimum absolute atomic E-state index is 0.0813. The van der Waals surface area contributed by atoms with Crippen molar-refractivity contribution in [2.75, 3.05) is 11.1 Å². The SMILES string of the molecule is O=C(CSCc1noc(-c2ccccc2Cl)n1)Nc1ccc(Br)cc1. The van der Waals surface area contributed by atoms with Crippen LogP contribution in [0, 0.1) is 0 Å². The lowest BCUT2D eigenvalue weighted by molar-refractivity contribution is -0.113. The summed E-state index contributed by atoms with van der Waals surface area (Å²) in [4.78, 5) is 16.2. The summed E-state index contributed by atoms with van der Waals surface area (Å²) < 4.78 is 6.20. The van der Waals surface area contributed by atoms with E-state index in [4.69, 9.17) is 16.1 Å². The van der Waals surface area contributed by atoms with Crippen molar-refractivity contribution in [1.29, 1.82) is 0 Å². The molecule has 0 saturated carbocycles. The van der Waals surface area contributed by atoms with Gasteiger partial charge in [-0.2, -0.15) is 4.98 Å². The summed E-state index contributed by atoms with van der Waals surface area (Å²) >= 11 is 10.9. The van der Waals surface area contributed by atoms with Crippen LogP contribution in [0.5, 0.6) is 0 Å². The molecule has 25 heavy (non-hydrogen) atoms. The zero-order valence-corrected chi connectivity index (χ0v) is 16.1. The maximum absolute atomic E-state index is 11.9. The third-order valence-electron chi connectivity index (χ3n) is 3.16. The Labute approximate surface area is 162 Å². The van der Waals surface area contributed by atoms with Gasteiger partial charge < -0.3 is 9.84 Å². The van der Waals surface area contributed by atoms with Gasteiger partial charge in [0.2, 0.25) is 5.91 Å². The van der Waals surface area contributed by atoms with E-state index in [1.54, 1.807) is 6.07 Å². The topological polar surface area (TPSA) is 68.0 Å². The molecule has 0 aliphatic heterocycles. The highest BCUT2D eigenvalue weighted by atomic mass is 79.9. The molecule has 3 aromatic rings. The molecule has 0 atom stereocenters. The van der Waals surface area contributed by atoms with Gasteiger partial charge in [0.25, 0.3) is 5.89 Å². The Kier molecular flexibility index (Phi) is 6.12. The largest absolute Gasteiger partial charge is 0.334 e. The van der Waals surface area contributed by atoms with Crippen LogP contribution in [0.4, 0.5) is 5.69 Å². The van der Waals surface area contributed by atoms with Crippen molar-refractivity contribution in [3.05, 3.63) is 63.9 Å². The van der Waals surface area contributed by atoms with Crippen LogP contribution in [-0.2, 0) is 10.5 Å². The summed E-state index contributed by atoms with van der Waals surface area (Å²) in [6, 6.07) is 14.7. The highest BCUT2D eigenvalue weighted by Crippen LogP contribution is 2.26. The average molecular weight is 439 g/mol. The van der Waals surface area contributed by atoms with Crippen molar-refractivity contribution in [3.8, 4) is 11.5 Å². The summed E-state index contributed by atoms with van der Waals surface area (Å²) in [6.07, 6.45) is 0. The summed E-state index contributed by atoms with van der Waals surface area (Å²) in [6.45, 7) is 0. The lowest BCUT2D eigenvalue weighted by atomic mass is 10.2. The number of anilines is 1. The summed E-state index contributed by atoms with van der Waals surface area (Å²) in [5.41, 5.74) is 1.45. The first kappa shape index (κ1) is 18.0. The summed E-state index contributed by atoms with van der Waals surface area (Å²) in [5.74, 6) is 1.59. The number of benzene rings is 2. The molecule has 3 rings (SSSR count). The fourth-order valence-corrected chi connectivity index (χ4v) is 3.16. The maximum atomic E-state index is 11.9. The number of thioether (sulfide) groups is 1. The van der Waals surface area contributed by atoms with E-state index in [1.807, 2.05) is 42.5 Å². The van der Waals surface area contributed by atoms with Crippen LogP contribution in [0.1, 0.15) is 5.82 Å². The molecular formula is C17H13BrClN3O2S. The predicted molar refractivity (Wildman–Crippen MR) is 104 cm³/mol. The molecule has 0 aliphatic carbocycles. The van der Waals surface area contributed by atoms with E-state index < -0.39 is 0 Å². The van der Waals surface area contributed by atoms with Gasteiger partial charge in [0.1, 0.15) is 0 Å². The van der Waals surface area contributed by atoms with Gasteiger partial charge in [-0.1, -0.05) is 44.8 Å². The number of rotatable bonds is 6. The number of amides is 1. The van der Waals surface area contributed by atoms with Crippen molar-refractivity contribution in [1.82, 2.24) is 10.1 Å². The number of hydrogen-bond acceptors (Lipinski definition) is 5. The first-order chi connectivity index (χ1) is 12.1. The summed E-state index contributed by atoms with van der Waals surface area (Å²) in [7, 11) is 0. The van der Waals surface area contributed by atoms with Gasteiger partial charge in [0.15, 0.2) is 5.82 Å². The molecule has 0 aliphatic rings. The number of carbonyl (C=O) groups is 1. The molecule has 0 radical (unpaired) electrons. The average Bonchev–Trinajstić information content (AvgIpc) is 3.06. The van der Waals surface area contributed by atoms with E-state index in [0.717, 1.165) is 10.2 Å². The fraction of sp³-hybridized carbons (Fsp3) is 0.118. The molecule has 5 nitrogen and oxygen atoms in total. The molecule has 1 aromatic heterocycles. The molecule has 1 heterocycles. The Hall–Kier alpha value is -1.83. The zero-order chi connectivity index (χ0) is 17.6. The molecule has 128 valence electrons. The highest BCUT2D eigenvalue weighted by Gasteiger charge is 2.12. The van der Waals surface area contributed by atoms with Gasteiger partial charge in [-0.15, -0.1) is 11.8 Å². The molecule has 0 bridgehead atoms. The van der Waals surface area contributed by atoms with Gasteiger partial charge in [-0.05, 0) is 36.4 Å². The number of nitrogens with zero attached hydrogens (tertiary/aromatic N) is 2. The maximum Gasteiger partial charge on any atom is 0.259 e. The van der Waals surface area contributed by atoms with E-state index in [1.165, 1.54) is 11.8 Å². The number of nitrogens with one attached hydrogen (secondary N) is 1. The van der Waals surface area contributed by atoms with Crippen LogP contribution < -0.4 is 5.32 Å². The molecule has 1 N–H and O–H groups in total. The van der Waals surface area contributed by atoms with Gasteiger partial charge >= 0.3 is 0 Å². The third kappa shape index (κ3) is 5.07. The van der Waals surface area contributed by atoms with Crippen LogP contribution >= 0.6 is 39.3 Å². The van der Waals surface area contributed by atoms with Gasteiger partial charge in [0, 0.05) is 10.2 Å². The predicted octanol–water partition coefficient (Wildman–Crippen LogP) is 5.02. The quantitative estimate of drug-likeness (QED) is 0.585. The van der Waals surface area contributed by atoms with Gasteiger partial charge in [-0.3, -0.25) is 4.79 Å². The minimum Gasteiger partial charge on any atom is -0.334 e. The second-order valence-corrected chi connectivity index (χ2v) is 7.35. The Morgan fingerprint density at radius 3 is 2.72 bits per heavy atom. The Balaban J connectivity index is 1.50. The molecule has 0 fully saturated rings. The molecule has 8 heteroatoms. The van der Waals surface area contributed by atoms with Crippen molar-refractivity contribution in [2.24, 2.45) is 0 Å². The second kappa shape index (κ2) is 8.51. The third-order valence-corrected chi connectivity index (χ3v) is 4.95. The van der Waals surface area contributed by atoms with E-state index in [0.29, 0.717) is 33.8 Å². The van der Waals surface area contributed by atoms with Crippen LogP contribution in [-0.4, -0.2) is 21.8 Å². The van der Waals surface area contributed by atoms with E-state index in [-0.39, 0.29) is 5.91 Å². The van der Waals surface area contributed by atoms with Gasteiger partial charge in [-0.25, -0.2) is 0 Å². The Bertz CT molecular complexity index is 870. The normalized spacial score (nSPS) is 10.6. The first-order valence-electron chi connectivity index (χ1n) is 7.32. The molecule has 2 aromatic carbocycles.